The smallest absolute Gasteiger partial charge is 0.215 e. The van der Waals surface area contributed by atoms with Gasteiger partial charge in [-0.25, -0.2) is 12.7 Å². The second kappa shape index (κ2) is 5.67. The van der Waals surface area contributed by atoms with E-state index < -0.39 is 10.0 Å². The van der Waals surface area contributed by atoms with Crippen LogP contribution in [-0.2, 0) is 10.0 Å². The molecule has 1 saturated heterocycles. The molecule has 0 aromatic heterocycles. The molecular weight excluding hydrogens is 236 g/mol. The van der Waals surface area contributed by atoms with E-state index in [0.717, 1.165) is 31.8 Å². The molecule has 0 aromatic rings. The van der Waals surface area contributed by atoms with E-state index in [0.29, 0.717) is 12.6 Å². The fourth-order valence-corrected chi connectivity index (χ4v) is 3.81. The van der Waals surface area contributed by atoms with Gasteiger partial charge < -0.3 is 5.32 Å². The molecule has 1 N–H and O–H groups in total. The van der Waals surface area contributed by atoms with Crippen molar-refractivity contribution < 1.29 is 8.42 Å². The topological polar surface area (TPSA) is 49.4 Å². The molecule has 1 aliphatic heterocycles. The van der Waals surface area contributed by atoms with Crippen molar-refractivity contribution in [3.05, 3.63) is 0 Å². The minimum absolute atomic E-state index is 0.264. The minimum Gasteiger partial charge on any atom is -0.313 e. The van der Waals surface area contributed by atoms with E-state index in [9.17, 15) is 8.42 Å². The summed E-state index contributed by atoms with van der Waals surface area (Å²) in [5.74, 6) is 0.992. The maximum atomic E-state index is 12.1. The molecule has 1 heterocycles. The predicted octanol–water partition coefficient (Wildman–Crippen LogP) is 1.19. The van der Waals surface area contributed by atoms with Crippen molar-refractivity contribution in [2.24, 2.45) is 5.92 Å². The lowest BCUT2D eigenvalue weighted by Gasteiger charge is -2.30. The Morgan fingerprint density at radius 2 is 1.82 bits per heavy atom. The highest BCUT2D eigenvalue weighted by Gasteiger charge is 2.27. The summed E-state index contributed by atoms with van der Waals surface area (Å²) in [4.78, 5) is 0. The van der Waals surface area contributed by atoms with Crippen LogP contribution in [0.1, 0.15) is 39.0 Å². The van der Waals surface area contributed by atoms with Crippen LogP contribution in [0.25, 0.3) is 0 Å². The van der Waals surface area contributed by atoms with Gasteiger partial charge in [0.25, 0.3) is 0 Å². The lowest BCUT2D eigenvalue weighted by molar-refractivity contribution is 0.269. The van der Waals surface area contributed by atoms with Crippen molar-refractivity contribution in [2.45, 2.75) is 45.1 Å². The lowest BCUT2D eigenvalue weighted by Crippen LogP contribution is -2.41. The van der Waals surface area contributed by atoms with Crippen LogP contribution in [0.3, 0.4) is 0 Å². The molecule has 1 aliphatic carbocycles. The zero-order chi connectivity index (χ0) is 12.3. The number of nitrogens with zero attached hydrogens (tertiary/aromatic N) is 1. The minimum atomic E-state index is -3.01. The van der Waals surface area contributed by atoms with Crippen LogP contribution in [0.2, 0.25) is 0 Å². The van der Waals surface area contributed by atoms with Crippen LogP contribution in [0, 0.1) is 5.92 Å². The SMILES string of the molecule is CCC1CCN(S(=O)(=O)CCNC2CC2)CC1. The van der Waals surface area contributed by atoms with Gasteiger partial charge in [0.1, 0.15) is 0 Å². The Kier molecular flexibility index (Phi) is 4.44. The van der Waals surface area contributed by atoms with Crippen molar-refractivity contribution in [3.8, 4) is 0 Å². The summed E-state index contributed by atoms with van der Waals surface area (Å²) in [6.07, 6.45) is 5.67. The Morgan fingerprint density at radius 1 is 1.18 bits per heavy atom. The first kappa shape index (κ1) is 13.3. The number of sulfonamides is 1. The summed E-state index contributed by atoms with van der Waals surface area (Å²) in [6.45, 7) is 4.25. The molecule has 2 rings (SSSR count). The van der Waals surface area contributed by atoms with Crippen LogP contribution < -0.4 is 5.32 Å². The molecule has 17 heavy (non-hydrogen) atoms. The van der Waals surface area contributed by atoms with Crippen molar-refractivity contribution in [1.29, 1.82) is 0 Å². The van der Waals surface area contributed by atoms with E-state index in [1.165, 1.54) is 19.3 Å². The Bertz CT molecular complexity index is 330. The molecule has 0 unspecified atom stereocenters. The number of nitrogens with one attached hydrogen (secondary N) is 1. The van der Waals surface area contributed by atoms with Gasteiger partial charge >= 0.3 is 0 Å². The van der Waals surface area contributed by atoms with Gasteiger partial charge in [-0.15, -0.1) is 0 Å². The van der Waals surface area contributed by atoms with E-state index in [2.05, 4.69) is 12.2 Å². The number of piperidine rings is 1. The molecule has 0 atom stereocenters. The Hall–Kier alpha value is -0.130. The average molecular weight is 260 g/mol. The fraction of sp³-hybridized carbons (Fsp3) is 1.00. The molecule has 0 aromatic carbocycles. The van der Waals surface area contributed by atoms with Crippen LogP contribution in [0.4, 0.5) is 0 Å². The van der Waals surface area contributed by atoms with Crippen molar-refractivity contribution in [1.82, 2.24) is 9.62 Å². The third-order valence-corrected chi connectivity index (χ3v) is 5.79. The lowest BCUT2D eigenvalue weighted by atomic mass is 9.96. The van der Waals surface area contributed by atoms with E-state index in [1.54, 1.807) is 4.31 Å². The molecule has 0 spiro atoms. The maximum absolute atomic E-state index is 12.1. The second-order valence-electron chi connectivity index (χ2n) is 5.30. The van der Waals surface area contributed by atoms with E-state index in [-0.39, 0.29) is 5.75 Å². The maximum Gasteiger partial charge on any atom is 0.215 e. The monoisotopic (exact) mass is 260 g/mol. The number of hydrogen-bond donors (Lipinski definition) is 1. The highest BCUT2D eigenvalue weighted by Crippen LogP contribution is 2.22. The second-order valence-corrected chi connectivity index (χ2v) is 7.38. The molecule has 4 nitrogen and oxygen atoms in total. The van der Waals surface area contributed by atoms with Crippen molar-refractivity contribution in [2.75, 3.05) is 25.4 Å². The van der Waals surface area contributed by atoms with Crippen molar-refractivity contribution in [3.63, 3.8) is 0 Å². The van der Waals surface area contributed by atoms with Crippen LogP contribution in [0.15, 0.2) is 0 Å². The Labute approximate surface area is 105 Å². The van der Waals surface area contributed by atoms with Crippen LogP contribution in [-0.4, -0.2) is 44.2 Å². The molecule has 5 heteroatoms. The van der Waals surface area contributed by atoms with E-state index in [1.807, 2.05) is 0 Å². The van der Waals surface area contributed by atoms with Gasteiger partial charge in [-0.1, -0.05) is 13.3 Å². The number of rotatable bonds is 6. The van der Waals surface area contributed by atoms with E-state index in [4.69, 9.17) is 0 Å². The molecule has 0 amide bonds. The molecule has 0 bridgehead atoms. The highest BCUT2D eigenvalue weighted by atomic mass is 32.2. The molecular formula is C12H24N2O2S. The Balaban J connectivity index is 1.74. The zero-order valence-corrected chi connectivity index (χ0v) is 11.5. The molecule has 100 valence electrons. The third kappa shape index (κ3) is 3.93. The first-order chi connectivity index (χ1) is 8.12. The van der Waals surface area contributed by atoms with Gasteiger partial charge in [0, 0.05) is 25.7 Å². The average Bonchev–Trinajstić information content (AvgIpc) is 3.13. The molecule has 1 saturated carbocycles. The largest absolute Gasteiger partial charge is 0.313 e. The standard InChI is InChI=1S/C12H24N2O2S/c1-2-11-5-8-14(9-6-11)17(15,16)10-7-13-12-3-4-12/h11-13H,2-10H2,1H3. The summed E-state index contributed by atoms with van der Waals surface area (Å²) in [7, 11) is -3.01. The molecule has 2 fully saturated rings. The van der Waals surface area contributed by atoms with Gasteiger partial charge in [0.05, 0.1) is 5.75 Å². The quantitative estimate of drug-likeness (QED) is 0.780. The summed E-state index contributed by atoms with van der Waals surface area (Å²) in [5.41, 5.74) is 0. The first-order valence-electron chi connectivity index (χ1n) is 6.83. The predicted molar refractivity (Wildman–Crippen MR) is 69.4 cm³/mol. The summed E-state index contributed by atoms with van der Waals surface area (Å²) in [5, 5.41) is 3.27. The molecule has 0 radical (unpaired) electrons. The summed E-state index contributed by atoms with van der Waals surface area (Å²) in [6, 6.07) is 0.594. The highest BCUT2D eigenvalue weighted by molar-refractivity contribution is 7.89. The van der Waals surface area contributed by atoms with Gasteiger partial charge in [-0.2, -0.15) is 0 Å². The van der Waals surface area contributed by atoms with Gasteiger partial charge in [-0.05, 0) is 31.6 Å². The molecule has 2 aliphatic rings. The normalized spacial score (nSPS) is 24.1. The third-order valence-electron chi connectivity index (χ3n) is 3.91. The van der Waals surface area contributed by atoms with Gasteiger partial charge in [0.15, 0.2) is 0 Å². The van der Waals surface area contributed by atoms with E-state index >= 15 is 0 Å². The van der Waals surface area contributed by atoms with Gasteiger partial charge in [-0.3, -0.25) is 0 Å². The number of hydrogen-bond acceptors (Lipinski definition) is 3. The van der Waals surface area contributed by atoms with Crippen LogP contribution in [0.5, 0.6) is 0 Å². The summed E-state index contributed by atoms with van der Waals surface area (Å²) >= 11 is 0. The van der Waals surface area contributed by atoms with Crippen LogP contribution >= 0.6 is 0 Å². The first-order valence-corrected chi connectivity index (χ1v) is 8.44. The van der Waals surface area contributed by atoms with Gasteiger partial charge in [0.2, 0.25) is 10.0 Å². The van der Waals surface area contributed by atoms with Crippen molar-refractivity contribution >= 4 is 10.0 Å². The Morgan fingerprint density at radius 3 is 2.35 bits per heavy atom. The fourth-order valence-electron chi connectivity index (χ4n) is 2.40. The zero-order valence-electron chi connectivity index (χ0n) is 10.7. The summed E-state index contributed by atoms with van der Waals surface area (Å²) < 4.78 is 25.8.